The number of hydrogen-bond donors (Lipinski definition) is 1. The molecular weight excluding hydrogens is 218 g/mol. The van der Waals surface area contributed by atoms with Crippen molar-refractivity contribution in [1.82, 2.24) is 5.32 Å². The Morgan fingerprint density at radius 3 is 2.81 bits per heavy atom. The van der Waals surface area contributed by atoms with Gasteiger partial charge in [0.25, 0.3) is 0 Å². The first-order valence-corrected chi connectivity index (χ1v) is 6.45. The van der Waals surface area contributed by atoms with Crippen LogP contribution in [-0.2, 0) is 0 Å². The van der Waals surface area contributed by atoms with E-state index in [-0.39, 0.29) is 6.04 Å². The minimum Gasteiger partial charge on any atom is -0.468 e. The van der Waals surface area contributed by atoms with Crippen LogP contribution in [0.1, 0.15) is 36.4 Å². The first kappa shape index (κ1) is 11.4. The summed E-state index contributed by atoms with van der Waals surface area (Å²) in [6.45, 7) is 5.34. The summed E-state index contributed by atoms with van der Waals surface area (Å²) in [5.41, 5.74) is 0. The molecule has 0 bridgehead atoms. The zero-order chi connectivity index (χ0) is 11.4. The van der Waals surface area contributed by atoms with Crippen molar-refractivity contribution < 1.29 is 4.42 Å². The van der Waals surface area contributed by atoms with E-state index in [1.54, 1.807) is 6.26 Å². The van der Waals surface area contributed by atoms with E-state index in [2.05, 4.69) is 36.7 Å². The topological polar surface area (TPSA) is 25.2 Å². The average Bonchev–Trinajstić information content (AvgIpc) is 2.95. The van der Waals surface area contributed by atoms with Gasteiger partial charge in [0.05, 0.1) is 12.3 Å². The van der Waals surface area contributed by atoms with Crippen LogP contribution in [0, 0.1) is 0 Å². The molecule has 2 nitrogen and oxygen atoms in total. The van der Waals surface area contributed by atoms with Crippen LogP contribution in [0.2, 0.25) is 0 Å². The van der Waals surface area contributed by atoms with Crippen LogP contribution in [0.25, 0.3) is 0 Å². The van der Waals surface area contributed by atoms with E-state index in [9.17, 15) is 0 Å². The van der Waals surface area contributed by atoms with Gasteiger partial charge in [-0.15, -0.1) is 11.3 Å². The van der Waals surface area contributed by atoms with E-state index in [1.807, 2.05) is 23.5 Å². The van der Waals surface area contributed by atoms with Gasteiger partial charge in [-0.05, 0) is 30.5 Å². The Kier molecular flexibility index (Phi) is 3.80. The fourth-order valence-electron chi connectivity index (χ4n) is 1.66. The van der Waals surface area contributed by atoms with Crippen LogP contribution in [0.4, 0.5) is 0 Å². The molecule has 0 aromatic carbocycles. The number of furan rings is 1. The van der Waals surface area contributed by atoms with E-state index in [4.69, 9.17) is 4.42 Å². The molecule has 86 valence electrons. The molecule has 3 heteroatoms. The highest BCUT2D eigenvalue weighted by Gasteiger charge is 2.11. The molecule has 2 aromatic rings. The summed E-state index contributed by atoms with van der Waals surface area (Å²) >= 11 is 1.82. The van der Waals surface area contributed by atoms with Crippen LogP contribution in [0.3, 0.4) is 0 Å². The van der Waals surface area contributed by atoms with Crippen LogP contribution < -0.4 is 5.32 Å². The normalized spacial score (nSPS) is 14.9. The SMILES string of the molecule is CC(CNC(C)c1ccco1)c1cccs1. The summed E-state index contributed by atoms with van der Waals surface area (Å²) in [7, 11) is 0. The van der Waals surface area contributed by atoms with Crippen LogP contribution in [0.15, 0.2) is 40.3 Å². The van der Waals surface area contributed by atoms with E-state index >= 15 is 0 Å². The molecule has 0 radical (unpaired) electrons. The van der Waals surface area contributed by atoms with Gasteiger partial charge in [-0.1, -0.05) is 13.0 Å². The molecule has 0 amide bonds. The molecule has 2 atom stereocenters. The Bertz CT molecular complexity index is 353. The minimum atomic E-state index is 0.275. The van der Waals surface area contributed by atoms with Crippen molar-refractivity contribution in [3.63, 3.8) is 0 Å². The van der Waals surface area contributed by atoms with E-state index in [1.165, 1.54) is 4.88 Å². The smallest absolute Gasteiger partial charge is 0.120 e. The zero-order valence-corrected chi connectivity index (χ0v) is 10.5. The van der Waals surface area contributed by atoms with Gasteiger partial charge in [0.15, 0.2) is 0 Å². The van der Waals surface area contributed by atoms with Gasteiger partial charge < -0.3 is 9.73 Å². The standard InChI is InChI=1S/C13H17NOS/c1-10(13-6-4-8-16-13)9-14-11(2)12-5-3-7-15-12/h3-8,10-11,14H,9H2,1-2H3. The van der Waals surface area contributed by atoms with Crippen molar-refractivity contribution in [2.45, 2.75) is 25.8 Å². The fraction of sp³-hybridized carbons (Fsp3) is 0.385. The molecule has 0 aliphatic heterocycles. The summed E-state index contributed by atoms with van der Waals surface area (Å²) < 4.78 is 5.36. The van der Waals surface area contributed by atoms with Crippen molar-refractivity contribution in [2.75, 3.05) is 6.54 Å². The summed E-state index contributed by atoms with van der Waals surface area (Å²) in [4.78, 5) is 1.43. The molecule has 0 saturated heterocycles. The molecular formula is C13H17NOS. The Morgan fingerprint density at radius 2 is 2.19 bits per heavy atom. The highest BCUT2D eigenvalue weighted by atomic mass is 32.1. The van der Waals surface area contributed by atoms with Gasteiger partial charge in [-0.25, -0.2) is 0 Å². The maximum Gasteiger partial charge on any atom is 0.120 e. The predicted molar refractivity (Wildman–Crippen MR) is 67.9 cm³/mol. The van der Waals surface area contributed by atoms with Gasteiger partial charge in [-0.3, -0.25) is 0 Å². The molecule has 0 aliphatic carbocycles. The predicted octanol–water partition coefficient (Wildman–Crippen LogP) is 3.80. The molecule has 0 saturated carbocycles. The maximum atomic E-state index is 5.36. The van der Waals surface area contributed by atoms with E-state index < -0.39 is 0 Å². The van der Waals surface area contributed by atoms with Gasteiger partial charge in [0, 0.05) is 17.3 Å². The lowest BCUT2D eigenvalue weighted by atomic mass is 10.1. The van der Waals surface area contributed by atoms with Crippen molar-refractivity contribution >= 4 is 11.3 Å². The highest BCUT2D eigenvalue weighted by molar-refractivity contribution is 7.10. The third kappa shape index (κ3) is 2.74. The van der Waals surface area contributed by atoms with Crippen LogP contribution >= 0.6 is 11.3 Å². The fourth-order valence-corrected chi connectivity index (χ4v) is 2.45. The quantitative estimate of drug-likeness (QED) is 0.852. The first-order chi connectivity index (χ1) is 7.77. The van der Waals surface area contributed by atoms with Crippen molar-refractivity contribution in [3.05, 3.63) is 46.5 Å². The van der Waals surface area contributed by atoms with Gasteiger partial charge >= 0.3 is 0 Å². The lowest BCUT2D eigenvalue weighted by Gasteiger charge is -2.15. The number of nitrogens with one attached hydrogen (secondary N) is 1. The monoisotopic (exact) mass is 235 g/mol. The molecule has 2 unspecified atom stereocenters. The highest BCUT2D eigenvalue weighted by Crippen LogP contribution is 2.21. The van der Waals surface area contributed by atoms with Crippen molar-refractivity contribution in [3.8, 4) is 0 Å². The average molecular weight is 235 g/mol. The first-order valence-electron chi connectivity index (χ1n) is 5.57. The Labute approximate surface area is 100 Å². The van der Waals surface area contributed by atoms with E-state index in [0.29, 0.717) is 5.92 Å². The maximum absolute atomic E-state index is 5.36. The second-order valence-electron chi connectivity index (χ2n) is 4.06. The molecule has 0 aliphatic rings. The molecule has 0 fully saturated rings. The van der Waals surface area contributed by atoms with Crippen LogP contribution in [0.5, 0.6) is 0 Å². The van der Waals surface area contributed by atoms with Gasteiger partial charge in [-0.2, -0.15) is 0 Å². The lowest BCUT2D eigenvalue weighted by molar-refractivity contribution is 0.424. The molecule has 2 rings (SSSR count). The molecule has 2 heterocycles. The van der Waals surface area contributed by atoms with Crippen LogP contribution in [-0.4, -0.2) is 6.54 Å². The third-order valence-corrected chi connectivity index (χ3v) is 3.83. The number of rotatable bonds is 5. The Hall–Kier alpha value is -1.06. The summed E-state index contributed by atoms with van der Waals surface area (Å²) in [5, 5.41) is 5.61. The second kappa shape index (κ2) is 5.32. The minimum absolute atomic E-state index is 0.275. The van der Waals surface area contributed by atoms with Gasteiger partial charge in [0.2, 0.25) is 0 Å². The molecule has 1 N–H and O–H groups in total. The number of thiophene rings is 1. The summed E-state index contributed by atoms with van der Waals surface area (Å²) in [5.74, 6) is 1.55. The Morgan fingerprint density at radius 1 is 1.31 bits per heavy atom. The zero-order valence-electron chi connectivity index (χ0n) is 9.64. The van der Waals surface area contributed by atoms with Gasteiger partial charge in [0.1, 0.15) is 5.76 Å². The Balaban J connectivity index is 1.84. The summed E-state index contributed by atoms with van der Waals surface area (Å²) in [6.07, 6.45) is 1.72. The third-order valence-electron chi connectivity index (χ3n) is 2.73. The molecule has 16 heavy (non-hydrogen) atoms. The largest absolute Gasteiger partial charge is 0.468 e. The van der Waals surface area contributed by atoms with Crippen molar-refractivity contribution in [2.24, 2.45) is 0 Å². The number of hydrogen-bond acceptors (Lipinski definition) is 3. The molecule has 0 spiro atoms. The lowest BCUT2D eigenvalue weighted by Crippen LogP contribution is -2.22. The van der Waals surface area contributed by atoms with Crippen molar-refractivity contribution in [1.29, 1.82) is 0 Å². The summed E-state index contributed by atoms with van der Waals surface area (Å²) in [6, 6.07) is 8.50. The molecule has 2 aromatic heterocycles. The van der Waals surface area contributed by atoms with E-state index in [0.717, 1.165) is 12.3 Å². The second-order valence-corrected chi connectivity index (χ2v) is 5.04.